The van der Waals surface area contributed by atoms with Crippen molar-refractivity contribution in [2.24, 2.45) is 5.92 Å². The third kappa shape index (κ3) is 4.51. The van der Waals surface area contributed by atoms with Crippen LogP contribution < -0.4 is 5.32 Å². The van der Waals surface area contributed by atoms with Gasteiger partial charge in [-0.15, -0.1) is 0 Å². The molecular formula is C13H19FN2O. The third-order valence-electron chi connectivity index (χ3n) is 2.74. The third-order valence-corrected chi connectivity index (χ3v) is 2.74. The smallest absolute Gasteiger partial charge is 0.228 e. The van der Waals surface area contributed by atoms with Gasteiger partial charge in [0, 0.05) is 5.92 Å². The van der Waals surface area contributed by atoms with Crippen LogP contribution in [0.1, 0.15) is 39.5 Å². The molecule has 0 fully saturated rings. The highest BCUT2D eigenvalue weighted by Crippen LogP contribution is 2.15. The molecule has 0 radical (unpaired) electrons. The summed E-state index contributed by atoms with van der Waals surface area (Å²) in [6.45, 7) is 4.08. The topological polar surface area (TPSA) is 42.0 Å². The minimum Gasteiger partial charge on any atom is -0.310 e. The molecule has 1 aromatic rings. The summed E-state index contributed by atoms with van der Waals surface area (Å²) in [6.07, 6.45) is 3.76. The van der Waals surface area contributed by atoms with E-state index in [2.05, 4.69) is 17.2 Å². The van der Waals surface area contributed by atoms with E-state index in [1.54, 1.807) is 6.07 Å². The van der Waals surface area contributed by atoms with Crippen LogP contribution in [0.25, 0.3) is 0 Å². The summed E-state index contributed by atoms with van der Waals surface area (Å²) in [7, 11) is 0. The van der Waals surface area contributed by atoms with E-state index in [1.165, 1.54) is 12.1 Å². The zero-order valence-corrected chi connectivity index (χ0v) is 10.4. The molecule has 1 amide bonds. The summed E-state index contributed by atoms with van der Waals surface area (Å²) in [6, 6.07) is 4.38. The van der Waals surface area contributed by atoms with Gasteiger partial charge in [0.05, 0.1) is 0 Å². The molecule has 1 N–H and O–H groups in total. The monoisotopic (exact) mass is 238 g/mol. The Hall–Kier alpha value is -1.45. The summed E-state index contributed by atoms with van der Waals surface area (Å²) in [5.41, 5.74) is 0. The highest BCUT2D eigenvalue weighted by molar-refractivity contribution is 5.91. The summed E-state index contributed by atoms with van der Waals surface area (Å²) in [4.78, 5) is 15.5. The molecule has 3 nitrogen and oxygen atoms in total. The first-order valence-electron chi connectivity index (χ1n) is 6.10. The lowest BCUT2D eigenvalue weighted by atomic mass is 9.98. The molecule has 17 heavy (non-hydrogen) atoms. The van der Waals surface area contributed by atoms with Crippen LogP contribution in [0.15, 0.2) is 18.2 Å². The van der Waals surface area contributed by atoms with Gasteiger partial charge in [-0.05, 0) is 25.0 Å². The molecule has 0 aliphatic rings. The van der Waals surface area contributed by atoms with Gasteiger partial charge < -0.3 is 5.32 Å². The van der Waals surface area contributed by atoms with Crippen molar-refractivity contribution in [1.82, 2.24) is 4.98 Å². The molecular weight excluding hydrogens is 219 g/mol. The zero-order chi connectivity index (χ0) is 12.7. The second kappa shape index (κ2) is 6.99. The lowest BCUT2D eigenvalue weighted by molar-refractivity contribution is -0.120. The summed E-state index contributed by atoms with van der Waals surface area (Å²) in [5.74, 6) is -0.381. The Bertz CT molecular complexity index is 368. The maximum absolute atomic E-state index is 12.8. The van der Waals surface area contributed by atoms with Gasteiger partial charge in [0.1, 0.15) is 5.82 Å². The summed E-state index contributed by atoms with van der Waals surface area (Å²) in [5, 5.41) is 2.65. The molecule has 1 unspecified atom stereocenters. The van der Waals surface area contributed by atoms with E-state index in [-0.39, 0.29) is 17.6 Å². The number of unbranched alkanes of at least 4 members (excludes halogenated alkanes) is 1. The van der Waals surface area contributed by atoms with E-state index in [9.17, 15) is 9.18 Å². The summed E-state index contributed by atoms with van der Waals surface area (Å²) >= 11 is 0. The van der Waals surface area contributed by atoms with E-state index in [1.807, 2.05) is 6.92 Å². The van der Waals surface area contributed by atoms with Gasteiger partial charge in [-0.25, -0.2) is 4.98 Å². The first-order chi connectivity index (χ1) is 8.17. The maximum atomic E-state index is 12.8. The fourth-order valence-electron chi connectivity index (χ4n) is 1.68. The number of hydrogen-bond acceptors (Lipinski definition) is 2. The lowest BCUT2D eigenvalue weighted by Gasteiger charge is -2.13. The van der Waals surface area contributed by atoms with Crippen LogP contribution in [0, 0.1) is 11.9 Å². The minimum absolute atomic E-state index is 0.0139. The number of nitrogens with zero attached hydrogens (tertiary/aromatic N) is 1. The highest BCUT2D eigenvalue weighted by atomic mass is 19.1. The lowest BCUT2D eigenvalue weighted by Crippen LogP contribution is -2.23. The highest BCUT2D eigenvalue weighted by Gasteiger charge is 2.16. The van der Waals surface area contributed by atoms with Crippen LogP contribution in [0.3, 0.4) is 0 Å². The van der Waals surface area contributed by atoms with Crippen molar-refractivity contribution in [3.8, 4) is 0 Å². The number of rotatable bonds is 6. The summed E-state index contributed by atoms with van der Waals surface area (Å²) < 4.78 is 12.8. The normalized spacial score (nSPS) is 12.2. The predicted octanol–water partition coefficient (Wildman–Crippen LogP) is 3.38. The molecule has 0 aliphatic carbocycles. The fraction of sp³-hybridized carbons (Fsp3) is 0.538. The van der Waals surface area contributed by atoms with Gasteiger partial charge >= 0.3 is 0 Å². The van der Waals surface area contributed by atoms with Crippen LogP contribution >= 0.6 is 0 Å². The van der Waals surface area contributed by atoms with E-state index in [0.29, 0.717) is 0 Å². The molecule has 0 saturated carbocycles. The average Bonchev–Trinajstić information content (AvgIpc) is 2.30. The Morgan fingerprint density at radius 2 is 2.24 bits per heavy atom. The molecule has 0 saturated heterocycles. The number of aromatic nitrogens is 1. The quantitative estimate of drug-likeness (QED) is 0.772. The molecule has 0 aromatic carbocycles. The molecule has 0 bridgehead atoms. The first-order valence-corrected chi connectivity index (χ1v) is 6.10. The Morgan fingerprint density at radius 3 is 2.82 bits per heavy atom. The van der Waals surface area contributed by atoms with E-state index < -0.39 is 5.95 Å². The average molecular weight is 238 g/mol. The zero-order valence-electron chi connectivity index (χ0n) is 10.4. The van der Waals surface area contributed by atoms with Crippen molar-refractivity contribution in [3.63, 3.8) is 0 Å². The maximum Gasteiger partial charge on any atom is 0.228 e. The Labute approximate surface area is 101 Å². The molecule has 1 heterocycles. The molecule has 0 spiro atoms. The van der Waals surface area contributed by atoms with Gasteiger partial charge in [-0.3, -0.25) is 4.79 Å². The second-order valence-electron chi connectivity index (χ2n) is 4.08. The first kappa shape index (κ1) is 13.6. The molecule has 4 heteroatoms. The van der Waals surface area contributed by atoms with Gasteiger partial charge in [0.15, 0.2) is 0 Å². The van der Waals surface area contributed by atoms with Crippen molar-refractivity contribution >= 4 is 11.7 Å². The second-order valence-corrected chi connectivity index (χ2v) is 4.08. The van der Waals surface area contributed by atoms with E-state index in [4.69, 9.17) is 0 Å². The molecule has 1 rings (SSSR count). The number of nitrogens with one attached hydrogen (secondary N) is 1. The Morgan fingerprint density at radius 1 is 1.47 bits per heavy atom. The molecule has 1 atom stereocenters. The van der Waals surface area contributed by atoms with Crippen molar-refractivity contribution < 1.29 is 9.18 Å². The number of carbonyl (C=O) groups excluding carboxylic acids is 1. The van der Waals surface area contributed by atoms with Crippen LogP contribution in [-0.2, 0) is 4.79 Å². The van der Waals surface area contributed by atoms with Gasteiger partial charge in [0.25, 0.3) is 0 Å². The van der Waals surface area contributed by atoms with Crippen molar-refractivity contribution in [3.05, 3.63) is 24.1 Å². The van der Waals surface area contributed by atoms with E-state index in [0.717, 1.165) is 25.7 Å². The fourth-order valence-corrected chi connectivity index (χ4v) is 1.68. The number of anilines is 1. The number of hydrogen-bond donors (Lipinski definition) is 1. The van der Waals surface area contributed by atoms with E-state index >= 15 is 0 Å². The van der Waals surface area contributed by atoms with Crippen LogP contribution in [0.5, 0.6) is 0 Å². The van der Waals surface area contributed by atoms with Crippen LogP contribution in [-0.4, -0.2) is 10.9 Å². The van der Waals surface area contributed by atoms with Gasteiger partial charge in [-0.1, -0.05) is 32.8 Å². The number of amides is 1. The van der Waals surface area contributed by atoms with Crippen molar-refractivity contribution in [1.29, 1.82) is 0 Å². The molecule has 94 valence electrons. The van der Waals surface area contributed by atoms with Crippen LogP contribution in [0.2, 0.25) is 0 Å². The predicted molar refractivity (Wildman–Crippen MR) is 66.1 cm³/mol. The van der Waals surface area contributed by atoms with Gasteiger partial charge in [-0.2, -0.15) is 4.39 Å². The number of pyridine rings is 1. The number of carbonyl (C=O) groups is 1. The van der Waals surface area contributed by atoms with Gasteiger partial charge in [0.2, 0.25) is 11.9 Å². The molecule has 0 aliphatic heterocycles. The van der Waals surface area contributed by atoms with Crippen LogP contribution in [0.4, 0.5) is 10.2 Å². The Balaban J connectivity index is 2.57. The Kier molecular flexibility index (Phi) is 5.60. The standard InChI is InChI=1S/C13H19FN2O/c1-3-5-7-10(4-2)13(17)16-12-9-6-8-11(14)15-12/h6,8-10H,3-5,7H2,1-2H3,(H,15,16,17). The van der Waals surface area contributed by atoms with Crippen molar-refractivity contribution in [2.45, 2.75) is 39.5 Å². The molecule has 1 aromatic heterocycles. The van der Waals surface area contributed by atoms with Crippen molar-refractivity contribution in [2.75, 3.05) is 5.32 Å². The number of halogens is 1. The largest absolute Gasteiger partial charge is 0.310 e. The SMILES string of the molecule is CCCCC(CC)C(=O)Nc1cccc(F)n1. The minimum atomic E-state index is -0.579.